The summed E-state index contributed by atoms with van der Waals surface area (Å²) < 4.78 is 0. The van der Waals surface area contributed by atoms with E-state index in [4.69, 9.17) is 0 Å². The van der Waals surface area contributed by atoms with Crippen molar-refractivity contribution in [1.29, 1.82) is 0 Å². The molecule has 3 N–H and O–H groups in total. The largest absolute Gasteiger partial charge is 0.387 e. The molecule has 0 atom stereocenters. The van der Waals surface area contributed by atoms with Gasteiger partial charge < -0.3 is 16.0 Å². The van der Waals surface area contributed by atoms with Crippen molar-refractivity contribution in [3.8, 4) is 0 Å². The first-order valence-electron chi connectivity index (χ1n) is 3.85. The number of nitrogens with zero attached hydrogens (tertiary/aromatic N) is 1. The van der Waals surface area contributed by atoms with Crippen molar-refractivity contribution in [1.82, 2.24) is 4.98 Å². The second-order valence-electron chi connectivity index (χ2n) is 2.37. The lowest BCUT2D eigenvalue weighted by atomic mass is 10.3. The van der Waals surface area contributed by atoms with Crippen LogP contribution in [0.15, 0.2) is 12.3 Å². The first-order chi connectivity index (χ1) is 5.81. The molecule has 0 saturated carbocycles. The van der Waals surface area contributed by atoms with Crippen LogP contribution in [-0.2, 0) is 0 Å². The molecule has 1 aromatic rings. The Balaban J connectivity index is 3.02. The van der Waals surface area contributed by atoms with Crippen LogP contribution in [0.25, 0.3) is 0 Å². The highest BCUT2D eigenvalue weighted by molar-refractivity contribution is 5.68. The number of aromatic nitrogens is 1. The van der Waals surface area contributed by atoms with Gasteiger partial charge in [0.15, 0.2) is 0 Å². The zero-order valence-corrected chi connectivity index (χ0v) is 7.60. The van der Waals surface area contributed by atoms with Gasteiger partial charge in [-0.05, 0) is 6.07 Å². The minimum atomic E-state index is 0.858. The number of hydrogen-bond acceptors (Lipinski definition) is 4. The summed E-state index contributed by atoms with van der Waals surface area (Å²) in [5, 5.41) is 9.08. The molecule has 1 rings (SSSR count). The Labute approximate surface area is 72.4 Å². The van der Waals surface area contributed by atoms with Gasteiger partial charge in [0.25, 0.3) is 0 Å². The second-order valence-corrected chi connectivity index (χ2v) is 2.37. The number of rotatable bonds is 3. The molecule has 1 aromatic heterocycles. The normalized spacial score (nSPS) is 9.25. The zero-order chi connectivity index (χ0) is 8.97. The van der Waals surface area contributed by atoms with Crippen molar-refractivity contribution >= 4 is 17.2 Å². The van der Waals surface area contributed by atoms with Crippen LogP contribution in [0, 0.1) is 0 Å². The number of anilines is 3. The van der Waals surface area contributed by atoms with Gasteiger partial charge in [-0.1, -0.05) is 0 Å². The molecule has 0 aliphatic carbocycles. The van der Waals surface area contributed by atoms with Crippen LogP contribution in [-0.4, -0.2) is 26.1 Å². The molecule has 0 aromatic carbocycles. The lowest BCUT2D eigenvalue weighted by molar-refractivity contribution is 1.27. The maximum Gasteiger partial charge on any atom is 0.149 e. The van der Waals surface area contributed by atoms with Crippen LogP contribution in [0.4, 0.5) is 17.2 Å². The van der Waals surface area contributed by atoms with Crippen molar-refractivity contribution < 1.29 is 0 Å². The summed E-state index contributed by atoms with van der Waals surface area (Å²) in [6, 6.07) is 2.00. The molecule has 0 spiro atoms. The third kappa shape index (κ3) is 1.58. The summed E-state index contributed by atoms with van der Waals surface area (Å²) in [5.41, 5.74) is 1.99. The predicted molar refractivity (Wildman–Crippen MR) is 52.9 cm³/mol. The standard InChI is InChI=1S/C8H14N4/c1-9-6-4-7(10-2)8(11-3)12-5-6/h4-5,9-10H,1-3H3,(H,11,12). The number of pyridine rings is 1. The monoisotopic (exact) mass is 166 g/mol. The van der Waals surface area contributed by atoms with Gasteiger partial charge in [0, 0.05) is 21.1 Å². The Kier molecular flexibility index (Phi) is 2.74. The van der Waals surface area contributed by atoms with E-state index < -0.39 is 0 Å². The SMILES string of the molecule is CNc1cnc(NC)c(NC)c1. The quantitative estimate of drug-likeness (QED) is 0.631. The predicted octanol–water partition coefficient (Wildman–Crippen LogP) is 1.21. The molecule has 0 amide bonds. The molecule has 0 saturated heterocycles. The van der Waals surface area contributed by atoms with Crippen LogP contribution >= 0.6 is 0 Å². The first kappa shape index (κ1) is 8.64. The topological polar surface area (TPSA) is 49.0 Å². The fourth-order valence-electron chi connectivity index (χ4n) is 0.991. The Hall–Kier alpha value is -1.45. The molecule has 0 aliphatic rings. The van der Waals surface area contributed by atoms with E-state index in [-0.39, 0.29) is 0 Å². The summed E-state index contributed by atoms with van der Waals surface area (Å²) in [7, 11) is 5.59. The highest BCUT2D eigenvalue weighted by atomic mass is 15.0. The van der Waals surface area contributed by atoms with Crippen LogP contribution < -0.4 is 16.0 Å². The van der Waals surface area contributed by atoms with E-state index in [1.807, 2.05) is 27.2 Å². The minimum Gasteiger partial charge on any atom is -0.387 e. The van der Waals surface area contributed by atoms with E-state index in [1.54, 1.807) is 6.20 Å². The summed E-state index contributed by atoms with van der Waals surface area (Å²) >= 11 is 0. The maximum absolute atomic E-state index is 4.20. The molecule has 12 heavy (non-hydrogen) atoms. The van der Waals surface area contributed by atoms with Gasteiger partial charge in [-0.25, -0.2) is 4.98 Å². The Morgan fingerprint density at radius 3 is 2.33 bits per heavy atom. The van der Waals surface area contributed by atoms with Crippen LogP contribution in [0.1, 0.15) is 0 Å². The van der Waals surface area contributed by atoms with Gasteiger partial charge in [-0.15, -0.1) is 0 Å². The number of hydrogen-bond donors (Lipinski definition) is 3. The van der Waals surface area contributed by atoms with Gasteiger partial charge in [0.2, 0.25) is 0 Å². The minimum absolute atomic E-state index is 0.858. The first-order valence-corrected chi connectivity index (χ1v) is 3.85. The fraction of sp³-hybridized carbons (Fsp3) is 0.375. The van der Waals surface area contributed by atoms with Crippen molar-refractivity contribution in [3.63, 3.8) is 0 Å². The van der Waals surface area contributed by atoms with Gasteiger partial charge >= 0.3 is 0 Å². The van der Waals surface area contributed by atoms with Gasteiger partial charge in [-0.3, -0.25) is 0 Å². The summed E-state index contributed by atoms with van der Waals surface area (Å²) in [4.78, 5) is 4.20. The Morgan fingerprint density at radius 2 is 1.83 bits per heavy atom. The van der Waals surface area contributed by atoms with E-state index in [9.17, 15) is 0 Å². The Morgan fingerprint density at radius 1 is 1.08 bits per heavy atom. The molecule has 1 heterocycles. The lowest BCUT2D eigenvalue weighted by Gasteiger charge is -2.08. The van der Waals surface area contributed by atoms with Gasteiger partial charge in [-0.2, -0.15) is 0 Å². The number of nitrogens with one attached hydrogen (secondary N) is 3. The lowest BCUT2D eigenvalue weighted by Crippen LogP contribution is -2.00. The van der Waals surface area contributed by atoms with Crippen molar-refractivity contribution in [2.24, 2.45) is 0 Å². The average molecular weight is 166 g/mol. The van der Waals surface area contributed by atoms with E-state index >= 15 is 0 Å². The molecule has 4 heteroatoms. The highest BCUT2D eigenvalue weighted by Gasteiger charge is 2.00. The van der Waals surface area contributed by atoms with E-state index in [2.05, 4.69) is 20.9 Å². The molecule has 0 radical (unpaired) electrons. The molecule has 0 aliphatic heterocycles. The average Bonchev–Trinajstić information content (AvgIpc) is 2.16. The molecule has 0 unspecified atom stereocenters. The smallest absolute Gasteiger partial charge is 0.149 e. The molecular weight excluding hydrogens is 152 g/mol. The van der Waals surface area contributed by atoms with Crippen LogP contribution in [0.5, 0.6) is 0 Å². The van der Waals surface area contributed by atoms with Crippen molar-refractivity contribution in [2.45, 2.75) is 0 Å². The second kappa shape index (κ2) is 3.80. The van der Waals surface area contributed by atoms with Crippen molar-refractivity contribution in [2.75, 3.05) is 37.1 Å². The van der Waals surface area contributed by atoms with Gasteiger partial charge in [0.1, 0.15) is 5.82 Å². The highest BCUT2D eigenvalue weighted by Crippen LogP contribution is 2.21. The van der Waals surface area contributed by atoms with Crippen LogP contribution in [0.3, 0.4) is 0 Å². The zero-order valence-electron chi connectivity index (χ0n) is 7.60. The molecule has 0 fully saturated rings. The maximum atomic E-state index is 4.20. The van der Waals surface area contributed by atoms with Gasteiger partial charge in [0.05, 0.1) is 17.6 Å². The van der Waals surface area contributed by atoms with E-state index in [0.29, 0.717) is 0 Å². The summed E-state index contributed by atoms with van der Waals surface area (Å²) in [6.07, 6.45) is 1.78. The molecule has 66 valence electrons. The van der Waals surface area contributed by atoms with Crippen molar-refractivity contribution in [3.05, 3.63) is 12.3 Å². The van der Waals surface area contributed by atoms with E-state index in [0.717, 1.165) is 17.2 Å². The molecule has 4 nitrogen and oxygen atoms in total. The van der Waals surface area contributed by atoms with Crippen LogP contribution in [0.2, 0.25) is 0 Å². The summed E-state index contributed by atoms with van der Waals surface area (Å²) in [6.45, 7) is 0. The third-order valence-corrected chi connectivity index (χ3v) is 1.68. The third-order valence-electron chi connectivity index (χ3n) is 1.68. The molecule has 0 bridgehead atoms. The fourth-order valence-corrected chi connectivity index (χ4v) is 0.991. The Bertz CT molecular complexity index is 259. The molecular formula is C8H14N4. The summed E-state index contributed by atoms with van der Waals surface area (Å²) in [5.74, 6) is 0.858. The van der Waals surface area contributed by atoms with E-state index in [1.165, 1.54) is 0 Å².